The lowest BCUT2D eigenvalue weighted by atomic mass is 10.3. The molecule has 0 bridgehead atoms. The topological polar surface area (TPSA) is 50.5 Å². The first kappa shape index (κ1) is 18.0. The average molecular weight is 414 g/mol. The first-order valence-electron chi connectivity index (χ1n) is 7.96. The summed E-state index contributed by atoms with van der Waals surface area (Å²) in [6, 6.07) is 20.1. The Hall–Kier alpha value is -2.41. The fourth-order valence-electron chi connectivity index (χ4n) is 2.51. The van der Waals surface area contributed by atoms with Crippen LogP contribution in [0.5, 0.6) is 0 Å². The van der Waals surface area contributed by atoms with Crippen LogP contribution in [0.1, 0.15) is 5.76 Å². The second-order valence-corrected chi connectivity index (χ2v) is 8.08. The molecule has 2 aromatic carbocycles. The summed E-state index contributed by atoms with van der Waals surface area (Å²) >= 11 is 8.33. The molecule has 1 aromatic heterocycles. The zero-order valence-electron chi connectivity index (χ0n) is 13.8. The highest BCUT2D eigenvalue weighted by atomic mass is 35.5. The normalized spacial score (nSPS) is 15.7. The summed E-state index contributed by atoms with van der Waals surface area (Å²) in [5.41, 5.74) is 0.452. The Kier molecular flexibility index (Phi) is 5.11. The van der Waals surface area contributed by atoms with E-state index in [1.165, 1.54) is 11.8 Å². The molecule has 1 aliphatic heterocycles. The lowest BCUT2D eigenvalue weighted by Crippen LogP contribution is -2.27. The van der Waals surface area contributed by atoms with Gasteiger partial charge in [0.25, 0.3) is 11.1 Å². The van der Waals surface area contributed by atoms with Crippen molar-refractivity contribution in [2.45, 2.75) is 9.99 Å². The lowest BCUT2D eigenvalue weighted by Gasteiger charge is -2.12. The number of nitrogens with zero attached hydrogens (tertiary/aromatic N) is 1. The highest BCUT2D eigenvalue weighted by Gasteiger charge is 2.36. The van der Waals surface area contributed by atoms with Crippen molar-refractivity contribution in [2.75, 3.05) is 4.90 Å². The monoisotopic (exact) mass is 413 g/mol. The molecule has 2 amide bonds. The summed E-state index contributed by atoms with van der Waals surface area (Å²) in [5.74, 6) is 0.131. The van der Waals surface area contributed by atoms with Crippen LogP contribution >= 0.6 is 35.1 Å². The van der Waals surface area contributed by atoms with Crippen molar-refractivity contribution >= 4 is 58.0 Å². The molecule has 0 spiro atoms. The van der Waals surface area contributed by atoms with Gasteiger partial charge in [-0.2, -0.15) is 0 Å². The molecule has 1 fully saturated rings. The van der Waals surface area contributed by atoms with Gasteiger partial charge in [-0.3, -0.25) is 9.59 Å². The quantitative estimate of drug-likeness (QED) is 0.468. The predicted molar refractivity (Wildman–Crippen MR) is 109 cm³/mol. The zero-order chi connectivity index (χ0) is 18.8. The summed E-state index contributed by atoms with van der Waals surface area (Å²) in [7, 11) is 0. The molecular formula is C20H12ClNO3S2. The van der Waals surface area contributed by atoms with Crippen molar-refractivity contribution in [1.82, 2.24) is 0 Å². The molecule has 1 saturated heterocycles. The van der Waals surface area contributed by atoms with E-state index in [1.54, 1.807) is 36.4 Å². The van der Waals surface area contributed by atoms with Crippen molar-refractivity contribution in [3.8, 4) is 0 Å². The minimum Gasteiger partial charge on any atom is -0.450 e. The Balaban J connectivity index is 1.55. The van der Waals surface area contributed by atoms with E-state index < -0.39 is 0 Å². The third-order valence-corrected chi connectivity index (χ3v) is 5.73. The molecule has 1 aliphatic rings. The summed E-state index contributed by atoms with van der Waals surface area (Å²) in [6.07, 6.45) is 1.59. The lowest BCUT2D eigenvalue weighted by molar-refractivity contribution is -0.113. The predicted octanol–water partition coefficient (Wildman–Crippen LogP) is 6.33. The van der Waals surface area contributed by atoms with E-state index in [0.29, 0.717) is 26.5 Å². The maximum atomic E-state index is 12.7. The Morgan fingerprint density at radius 1 is 1.00 bits per heavy atom. The molecule has 0 unspecified atom stereocenters. The number of hydrogen-bond acceptors (Lipinski definition) is 5. The summed E-state index contributed by atoms with van der Waals surface area (Å²) in [6.45, 7) is 0. The molecule has 0 radical (unpaired) electrons. The maximum Gasteiger partial charge on any atom is 0.298 e. The number of carbonyl (C=O) groups is 2. The molecule has 0 aliphatic carbocycles. The fourth-order valence-corrected chi connectivity index (χ4v) is 4.31. The largest absolute Gasteiger partial charge is 0.450 e. The van der Waals surface area contributed by atoms with Gasteiger partial charge in [0.15, 0.2) is 5.09 Å². The fraction of sp³-hybridized carbons (Fsp3) is 0. The molecule has 0 N–H and O–H groups in total. The van der Waals surface area contributed by atoms with Gasteiger partial charge in [-0.25, -0.2) is 4.90 Å². The zero-order valence-corrected chi connectivity index (χ0v) is 16.2. The summed E-state index contributed by atoms with van der Waals surface area (Å²) < 4.78 is 5.76. The highest BCUT2D eigenvalue weighted by molar-refractivity contribution is 8.19. The first-order valence-corrected chi connectivity index (χ1v) is 9.97. The van der Waals surface area contributed by atoms with Crippen LogP contribution in [0.2, 0.25) is 5.02 Å². The van der Waals surface area contributed by atoms with Crippen LogP contribution in [0, 0.1) is 0 Å². The molecule has 4 nitrogen and oxygen atoms in total. The van der Waals surface area contributed by atoms with Gasteiger partial charge in [0.1, 0.15) is 5.76 Å². The van der Waals surface area contributed by atoms with Crippen molar-refractivity contribution in [1.29, 1.82) is 0 Å². The van der Waals surface area contributed by atoms with Crippen molar-refractivity contribution < 1.29 is 14.0 Å². The number of hydrogen-bond donors (Lipinski definition) is 0. The SMILES string of the molecule is O=C1S/C(=C/c2ccc(Sc3ccccc3)o2)C(=O)N1c1cccc(Cl)c1. The molecule has 7 heteroatoms. The number of anilines is 1. The molecule has 134 valence electrons. The Morgan fingerprint density at radius 2 is 1.81 bits per heavy atom. The highest BCUT2D eigenvalue weighted by Crippen LogP contribution is 2.37. The molecule has 3 aromatic rings. The van der Waals surface area contributed by atoms with Gasteiger partial charge < -0.3 is 4.42 Å². The third kappa shape index (κ3) is 3.98. The number of amides is 2. The first-order chi connectivity index (χ1) is 13.1. The Morgan fingerprint density at radius 3 is 2.59 bits per heavy atom. The van der Waals surface area contributed by atoms with Gasteiger partial charge in [-0.05, 0) is 54.2 Å². The number of carbonyl (C=O) groups excluding carboxylic acids is 2. The average Bonchev–Trinajstić information content (AvgIpc) is 3.20. The number of furan rings is 1. The van der Waals surface area contributed by atoms with E-state index in [9.17, 15) is 9.59 Å². The molecule has 27 heavy (non-hydrogen) atoms. The number of imide groups is 1. The van der Waals surface area contributed by atoms with Crippen LogP contribution < -0.4 is 4.90 Å². The van der Waals surface area contributed by atoms with Gasteiger partial charge in [0.2, 0.25) is 0 Å². The molecule has 2 heterocycles. The minimum absolute atomic E-state index is 0.311. The van der Waals surface area contributed by atoms with E-state index >= 15 is 0 Å². The summed E-state index contributed by atoms with van der Waals surface area (Å²) in [5, 5.41) is 0.810. The molecule has 0 atom stereocenters. The standard InChI is InChI=1S/C20H12ClNO3S2/c21-13-5-4-6-14(11-13)22-19(23)17(27-20(22)24)12-15-9-10-18(25-15)26-16-7-2-1-3-8-16/h1-12H/b17-12+. The minimum atomic E-state index is -0.388. The van der Waals surface area contributed by atoms with Gasteiger partial charge in [-0.15, -0.1) is 0 Å². The van der Waals surface area contributed by atoms with E-state index in [1.807, 2.05) is 36.4 Å². The third-order valence-electron chi connectivity index (χ3n) is 3.70. The van der Waals surface area contributed by atoms with Gasteiger partial charge in [0.05, 0.1) is 10.6 Å². The van der Waals surface area contributed by atoms with Crippen LogP contribution in [0.15, 0.2) is 86.0 Å². The number of halogens is 1. The Labute approximate surface area is 169 Å². The second kappa shape index (κ2) is 7.68. The number of rotatable bonds is 4. The van der Waals surface area contributed by atoms with Gasteiger partial charge in [0, 0.05) is 16.0 Å². The van der Waals surface area contributed by atoms with Crippen LogP contribution in [0.25, 0.3) is 6.08 Å². The van der Waals surface area contributed by atoms with Crippen LogP contribution in [0.3, 0.4) is 0 Å². The van der Waals surface area contributed by atoms with E-state index in [4.69, 9.17) is 16.0 Å². The maximum absolute atomic E-state index is 12.7. The number of benzene rings is 2. The van der Waals surface area contributed by atoms with Crippen molar-refractivity contribution in [2.24, 2.45) is 0 Å². The van der Waals surface area contributed by atoms with E-state index in [2.05, 4.69) is 0 Å². The summed E-state index contributed by atoms with van der Waals surface area (Å²) in [4.78, 5) is 27.4. The van der Waals surface area contributed by atoms with Gasteiger partial charge in [-0.1, -0.05) is 47.6 Å². The van der Waals surface area contributed by atoms with Crippen LogP contribution in [0.4, 0.5) is 10.5 Å². The molecular weight excluding hydrogens is 402 g/mol. The number of thioether (sulfide) groups is 1. The van der Waals surface area contributed by atoms with Crippen LogP contribution in [-0.4, -0.2) is 11.1 Å². The van der Waals surface area contributed by atoms with Crippen molar-refractivity contribution in [3.63, 3.8) is 0 Å². The van der Waals surface area contributed by atoms with E-state index in [0.717, 1.165) is 21.6 Å². The van der Waals surface area contributed by atoms with Crippen molar-refractivity contribution in [3.05, 3.63) is 82.4 Å². The smallest absolute Gasteiger partial charge is 0.298 e. The Bertz CT molecular complexity index is 1050. The van der Waals surface area contributed by atoms with Gasteiger partial charge >= 0.3 is 0 Å². The van der Waals surface area contributed by atoms with Crippen LogP contribution in [-0.2, 0) is 4.79 Å². The molecule has 4 rings (SSSR count). The second-order valence-electron chi connectivity index (χ2n) is 5.57. The van der Waals surface area contributed by atoms with E-state index in [-0.39, 0.29) is 11.1 Å². The molecule has 0 saturated carbocycles.